The largest absolute Gasteiger partial charge is 0.388 e. The van der Waals surface area contributed by atoms with E-state index in [9.17, 15) is 10.2 Å². The third-order valence-electron chi connectivity index (χ3n) is 2.61. The molecule has 0 aliphatic carbocycles. The molecule has 2 aliphatic rings. The minimum Gasteiger partial charge on any atom is -0.388 e. The van der Waals surface area contributed by atoms with E-state index in [1.54, 1.807) is 47.0 Å². The highest BCUT2D eigenvalue weighted by molar-refractivity contribution is 8.18. The second-order valence-corrected chi connectivity index (χ2v) is 9.50. The molecule has 0 amide bonds. The molecule has 0 spiro atoms. The smallest absolute Gasteiger partial charge is 0.103 e. The lowest BCUT2D eigenvalue weighted by atomic mass is 10.2. The topological polar surface area (TPSA) is 40.5 Å². The second-order valence-electron chi connectivity index (χ2n) is 3.91. The Hall–Kier alpha value is 1.32. The average molecular weight is 299 g/mol. The zero-order valence-corrected chi connectivity index (χ0v) is 12.3. The maximum Gasteiger partial charge on any atom is 0.103 e. The molecule has 0 aromatic rings. The highest BCUT2D eigenvalue weighted by atomic mass is 32.2. The van der Waals surface area contributed by atoms with Crippen LogP contribution < -0.4 is 0 Å². The molecule has 2 N–H and O–H groups in total. The Kier molecular flexibility index (Phi) is 6.05. The molecule has 94 valence electrons. The van der Waals surface area contributed by atoms with Gasteiger partial charge in [-0.05, 0) is 35.9 Å². The first kappa shape index (κ1) is 13.7. The molecule has 2 rings (SSSR count). The standard InChI is InChI=1S/C10H18O2S4/c11-7(9-13-3-1-4-14-9)8(12)10-15-5-2-6-16-10/h7-12H,1-6H2. The summed E-state index contributed by atoms with van der Waals surface area (Å²) >= 11 is 7.19. The Morgan fingerprint density at radius 1 is 0.688 bits per heavy atom. The normalized spacial score (nSPS) is 28.9. The van der Waals surface area contributed by atoms with E-state index in [1.165, 1.54) is 12.8 Å². The lowest BCUT2D eigenvalue weighted by Gasteiger charge is -2.33. The zero-order valence-electron chi connectivity index (χ0n) is 9.08. The van der Waals surface area contributed by atoms with Gasteiger partial charge in [-0.25, -0.2) is 0 Å². The summed E-state index contributed by atoms with van der Waals surface area (Å²) in [6, 6.07) is 0. The number of hydrogen-bond acceptors (Lipinski definition) is 6. The molecular weight excluding hydrogens is 280 g/mol. The van der Waals surface area contributed by atoms with E-state index in [-0.39, 0.29) is 9.16 Å². The van der Waals surface area contributed by atoms with Crippen LogP contribution in [0.4, 0.5) is 0 Å². The molecule has 2 saturated heterocycles. The fraction of sp³-hybridized carbons (Fsp3) is 1.00. The van der Waals surface area contributed by atoms with E-state index in [4.69, 9.17) is 0 Å². The quantitative estimate of drug-likeness (QED) is 0.831. The molecule has 0 aromatic carbocycles. The number of thioether (sulfide) groups is 4. The van der Waals surface area contributed by atoms with Gasteiger partial charge in [0.1, 0.15) is 12.2 Å². The van der Waals surface area contributed by atoms with Crippen molar-refractivity contribution in [1.29, 1.82) is 0 Å². The molecule has 2 nitrogen and oxygen atoms in total. The van der Waals surface area contributed by atoms with E-state index in [1.807, 2.05) is 0 Å². The van der Waals surface area contributed by atoms with Crippen molar-refractivity contribution in [3.05, 3.63) is 0 Å². The van der Waals surface area contributed by atoms with Gasteiger partial charge in [0.2, 0.25) is 0 Å². The van der Waals surface area contributed by atoms with Gasteiger partial charge in [-0.15, -0.1) is 47.0 Å². The molecule has 16 heavy (non-hydrogen) atoms. The van der Waals surface area contributed by atoms with Gasteiger partial charge in [0.25, 0.3) is 0 Å². The van der Waals surface area contributed by atoms with Crippen LogP contribution in [0, 0.1) is 0 Å². The van der Waals surface area contributed by atoms with Crippen molar-refractivity contribution in [3.8, 4) is 0 Å². The summed E-state index contributed by atoms with van der Waals surface area (Å²) in [7, 11) is 0. The Bertz CT molecular complexity index is 183. The maximum atomic E-state index is 10.2. The van der Waals surface area contributed by atoms with Gasteiger partial charge >= 0.3 is 0 Å². The van der Waals surface area contributed by atoms with Crippen LogP contribution in [0.5, 0.6) is 0 Å². The Balaban J connectivity index is 1.84. The fourth-order valence-corrected chi connectivity index (χ4v) is 7.62. The fourth-order valence-electron chi connectivity index (χ4n) is 1.73. The molecule has 0 aromatic heterocycles. The molecule has 0 saturated carbocycles. The van der Waals surface area contributed by atoms with Crippen molar-refractivity contribution in [3.63, 3.8) is 0 Å². The average Bonchev–Trinajstić information content (AvgIpc) is 2.39. The Morgan fingerprint density at radius 2 is 1.00 bits per heavy atom. The lowest BCUT2D eigenvalue weighted by Crippen LogP contribution is -2.41. The number of aliphatic hydroxyl groups excluding tert-OH is 2. The van der Waals surface area contributed by atoms with Crippen LogP contribution in [0.15, 0.2) is 0 Å². The molecule has 2 atom stereocenters. The molecule has 0 bridgehead atoms. The first-order valence-corrected chi connectivity index (χ1v) is 9.81. The summed E-state index contributed by atoms with van der Waals surface area (Å²) < 4.78 is 0.346. The third kappa shape index (κ3) is 3.65. The molecule has 2 aliphatic heterocycles. The Labute approximate surface area is 114 Å². The van der Waals surface area contributed by atoms with Gasteiger partial charge in [0, 0.05) is 0 Å². The van der Waals surface area contributed by atoms with Crippen LogP contribution in [-0.2, 0) is 0 Å². The summed E-state index contributed by atoms with van der Waals surface area (Å²) in [6.07, 6.45) is 1.31. The van der Waals surface area contributed by atoms with Crippen molar-refractivity contribution in [2.45, 2.75) is 34.2 Å². The van der Waals surface area contributed by atoms with Gasteiger partial charge in [0.15, 0.2) is 0 Å². The van der Waals surface area contributed by atoms with Gasteiger partial charge in [-0.3, -0.25) is 0 Å². The predicted octanol–water partition coefficient (Wildman–Crippen LogP) is 2.10. The monoisotopic (exact) mass is 298 g/mol. The maximum absolute atomic E-state index is 10.2. The number of hydrogen-bond donors (Lipinski definition) is 2. The van der Waals surface area contributed by atoms with Gasteiger partial charge in [-0.2, -0.15) is 0 Å². The van der Waals surface area contributed by atoms with E-state index >= 15 is 0 Å². The molecule has 2 heterocycles. The summed E-state index contributed by atoms with van der Waals surface area (Å²) in [4.78, 5) is 0. The van der Waals surface area contributed by atoms with Crippen molar-refractivity contribution in [1.82, 2.24) is 0 Å². The van der Waals surface area contributed by atoms with E-state index < -0.39 is 12.2 Å². The van der Waals surface area contributed by atoms with Gasteiger partial charge < -0.3 is 10.2 Å². The third-order valence-corrected chi connectivity index (χ3v) is 8.77. The van der Waals surface area contributed by atoms with Crippen LogP contribution >= 0.6 is 47.0 Å². The van der Waals surface area contributed by atoms with Crippen molar-refractivity contribution in [2.24, 2.45) is 0 Å². The van der Waals surface area contributed by atoms with Crippen LogP contribution in [0.3, 0.4) is 0 Å². The van der Waals surface area contributed by atoms with Crippen molar-refractivity contribution >= 4 is 47.0 Å². The molecule has 0 radical (unpaired) electrons. The summed E-state index contributed by atoms with van der Waals surface area (Å²) in [5.74, 6) is 4.47. The highest BCUT2D eigenvalue weighted by Gasteiger charge is 2.35. The minimum absolute atomic E-state index is 0.173. The first-order chi connectivity index (χ1) is 7.79. The van der Waals surface area contributed by atoms with Gasteiger partial charge in [0.05, 0.1) is 9.16 Å². The lowest BCUT2D eigenvalue weighted by molar-refractivity contribution is 0.0405. The molecule has 2 unspecified atom stereocenters. The SMILES string of the molecule is OC(C1SCCCS1)C(O)C1SCCCS1. The van der Waals surface area contributed by atoms with Crippen LogP contribution in [0.2, 0.25) is 0 Å². The van der Waals surface area contributed by atoms with Gasteiger partial charge in [-0.1, -0.05) is 0 Å². The van der Waals surface area contributed by atoms with E-state index in [0.717, 1.165) is 23.0 Å². The number of aliphatic hydroxyl groups is 2. The predicted molar refractivity (Wildman–Crippen MR) is 78.7 cm³/mol. The number of rotatable bonds is 3. The van der Waals surface area contributed by atoms with E-state index in [2.05, 4.69) is 0 Å². The highest BCUT2D eigenvalue weighted by Crippen LogP contribution is 2.39. The first-order valence-electron chi connectivity index (χ1n) is 5.61. The second kappa shape index (κ2) is 7.04. The molecule has 6 heteroatoms. The summed E-state index contributed by atoms with van der Waals surface area (Å²) in [5.41, 5.74) is 0. The van der Waals surface area contributed by atoms with Crippen LogP contribution in [0.1, 0.15) is 12.8 Å². The molecule has 2 fully saturated rings. The summed E-state index contributed by atoms with van der Waals surface area (Å²) in [6.45, 7) is 0. The van der Waals surface area contributed by atoms with Crippen LogP contribution in [0.25, 0.3) is 0 Å². The van der Waals surface area contributed by atoms with Crippen molar-refractivity contribution in [2.75, 3.05) is 23.0 Å². The minimum atomic E-state index is -0.571. The van der Waals surface area contributed by atoms with Crippen molar-refractivity contribution < 1.29 is 10.2 Å². The molecular formula is C10H18O2S4. The summed E-state index contributed by atoms with van der Waals surface area (Å²) in [5, 5.41) is 20.4. The Morgan fingerprint density at radius 3 is 1.31 bits per heavy atom. The van der Waals surface area contributed by atoms with Crippen LogP contribution in [-0.4, -0.2) is 54.6 Å². The van der Waals surface area contributed by atoms with E-state index in [0.29, 0.717) is 0 Å². The zero-order chi connectivity index (χ0) is 11.4.